The fourth-order valence-electron chi connectivity index (χ4n) is 5.32. The van der Waals surface area contributed by atoms with Gasteiger partial charge in [-0.25, -0.2) is 9.97 Å². The number of aromatic nitrogens is 2. The van der Waals surface area contributed by atoms with Gasteiger partial charge in [0, 0.05) is 34.4 Å². The molecule has 6 aromatic rings. The SMILES string of the molecule is CNCOc1cc2oc(-c3cccc(-c4cccc(-c5nc6cc(CO)c(OCC#N)cc6o5)c4C)c3C)nc2cc1CO. The molecule has 2 aromatic heterocycles. The molecule has 44 heavy (non-hydrogen) atoms. The van der Waals surface area contributed by atoms with Crippen LogP contribution in [0.4, 0.5) is 0 Å². The van der Waals surface area contributed by atoms with Crippen molar-refractivity contribution in [2.45, 2.75) is 27.1 Å². The molecule has 0 bridgehead atoms. The van der Waals surface area contributed by atoms with E-state index in [1.54, 1.807) is 31.3 Å². The van der Waals surface area contributed by atoms with Crippen LogP contribution in [0.3, 0.4) is 0 Å². The van der Waals surface area contributed by atoms with Crippen LogP contribution in [-0.4, -0.2) is 40.6 Å². The second-order valence-electron chi connectivity index (χ2n) is 10.3. The quantitative estimate of drug-likeness (QED) is 0.162. The summed E-state index contributed by atoms with van der Waals surface area (Å²) in [6.07, 6.45) is 0. The number of nitrogens with one attached hydrogen (secondary N) is 1. The minimum atomic E-state index is -0.253. The van der Waals surface area contributed by atoms with Crippen LogP contribution in [0.1, 0.15) is 22.3 Å². The number of oxazole rings is 2. The van der Waals surface area contributed by atoms with Crippen molar-refractivity contribution in [1.82, 2.24) is 15.3 Å². The number of nitrogens with zero attached hydrogens (tertiary/aromatic N) is 3. The smallest absolute Gasteiger partial charge is 0.227 e. The summed E-state index contributed by atoms with van der Waals surface area (Å²) in [5.74, 6) is 1.82. The molecule has 0 aliphatic heterocycles. The van der Waals surface area contributed by atoms with Crippen LogP contribution in [-0.2, 0) is 13.2 Å². The van der Waals surface area contributed by atoms with Crippen molar-refractivity contribution in [3.8, 4) is 51.6 Å². The largest absolute Gasteiger partial charge is 0.478 e. The molecule has 0 amide bonds. The topological polar surface area (TPSA) is 147 Å². The van der Waals surface area contributed by atoms with Crippen molar-refractivity contribution >= 4 is 22.2 Å². The third-order valence-electron chi connectivity index (χ3n) is 7.56. The molecule has 0 spiro atoms. The lowest BCUT2D eigenvalue weighted by atomic mass is 9.91. The monoisotopic (exact) mass is 590 g/mol. The van der Waals surface area contributed by atoms with Crippen LogP contribution < -0.4 is 14.8 Å². The Labute approximate surface area is 253 Å². The standard InChI is InChI=1S/C34H30N4O6/c1-19-23(6-4-8-25(19)33-37-27-12-21(16-39)29(41-11-10-35)14-31(27)43-33)24-7-5-9-26(20(24)2)34-38-28-13-22(17-40)30(42-18-36-3)15-32(28)44-34/h4-9,12-15,36,39-40H,11,16-18H2,1-3H3. The molecule has 0 saturated heterocycles. The molecule has 0 radical (unpaired) electrons. The molecular formula is C34H30N4O6. The molecule has 6 rings (SSSR count). The molecule has 0 saturated carbocycles. The maximum atomic E-state index is 9.85. The first-order valence-electron chi connectivity index (χ1n) is 14.0. The van der Waals surface area contributed by atoms with Gasteiger partial charge in [0.1, 0.15) is 35.3 Å². The maximum absolute atomic E-state index is 9.85. The van der Waals surface area contributed by atoms with Gasteiger partial charge in [-0.3, -0.25) is 5.32 Å². The van der Waals surface area contributed by atoms with Gasteiger partial charge in [0.05, 0.1) is 13.2 Å². The lowest BCUT2D eigenvalue weighted by Gasteiger charge is -2.14. The van der Waals surface area contributed by atoms with E-state index in [2.05, 4.69) is 17.4 Å². The van der Waals surface area contributed by atoms with E-state index < -0.39 is 0 Å². The van der Waals surface area contributed by atoms with E-state index in [1.165, 1.54) is 0 Å². The van der Waals surface area contributed by atoms with Gasteiger partial charge in [0.2, 0.25) is 11.8 Å². The number of aliphatic hydroxyl groups excluding tert-OH is 2. The summed E-state index contributed by atoms with van der Waals surface area (Å²) in [7, 11) is 1.78. The molecule has 3 N–H and O–H groups in total. The van der Waals surface area contributed by atoms with Gasteiger partial charge in [-0.15, -0.1) is 0 Å². The molecule has 10 nitrogen and oxygen atoms in total. The molecule has 0 aliphatic rings. The Kier molecular flexibility index (Phi) is 8.00. The average Bonchev–Trinajstić information content (AvgIpc) is 3.65. The average molecular weight is 591 g/mol. The molecular weight excluding hydrogens is 560 g/mol. The Balaban J connectivity index is 1.39. The van der Waals surface area contributed by atoms with E-state index >= 15 is 0 Å². The number of nitriles is 1. The predicted octanol–water partition coefficient (Wildman–Crippen LogP) is 6.03. The zero-order valence-corrected chi connectivity index (χ0v) is 24.5. The van der Waals surface area contributed by atoms with Crippen molar-refractivity contribution in [2.75, 3.05) is 20.4 Å². The van der Waals surface area contributed by atoms with Crippen molar-refractivity contribution in [1.29, 1.82) is 5.26 Å². The molecule has 4 aromatic carbocycles. The molecule has 0 fully saturated rings. The lowest BCUT2D eigenvalue weighted by molar-refractivity contribution is 0.257. The zero-order valence-electron chi connectivity index (χ0n) is 24.5. The summed E-state index contributed by atoms with van der Waals surface area (Å²) in [5.41, 5.74) is 9.04. The van der Waals surface area contributed by atoms with E-state index in [1.807, 2.05) is 44.2 Å². The van der Waals surface area contributed by atoms with Crippen LogP contribution >= 0.6 is 0 Å². The van der Waals surface area contributed by atoms with Crippen LogP contribution in [0.5, 0.6) is 11.5 Å². The lowest BCUT2D eigenvalue weighted by Crippen LogP contribution is -2.14. The maximum Gasteiger partial charge on any atom is 0.227 e. The summed E-state index contributed by atoms with van der Waals surface area (Å²) in [6, 6.07) is 20.8. The number of hydrogen-bond donors (Lipinski definition) is 3. The van der Waals surface area contributed by atoms with Crippen LogP contribution in [0.25, 0.3) is 56.2 Å². The predicted molar refractivity (Wildman–Crippen MR) is 165 cm³/mol. The van der Waals surface area contributed by atoms with Gasteiger partial charge in [0.25, 0.3) is 0 Å². The molecule has 10 heteroatoms. The van der Waals surface area contributed by atoms with E-state index in [4.69, 9.17) is 33.5 Å². The fourth-order valence-corrected chi connectivity index (χ4v) is 5.32. The number of benzene rings is 4. The van der Waals surface area contributed by atoms with Gasteiger partial charge < -0.3 is 28.5 Å². The van der Waals surface area contributed by atoms with Crippen molar-refractivity contribution < 1.29 is 28.5 Å². The van der Waals surface area contributed by atoms with Gasteiger partial charge in [-0.1, -0.05) is 24.3 Å². The summed E-state index contributed by atoms with van der Waals surface area (Å²) >= 11 is 0. The molecule has 2 heterocycles. The second-order valence-corrected chi connectivity index (χ2v) is 10.3. The second kappa shape index (κ2) is 12.2. The Morgan fingerprint density at radius 3 is 1.68 bits per heavy atom. The Morgan fingerprint density at radius 1 is 0.750 bits per heavy atom. The highest BCUT2D eigenvalue weighted by Crippen LogP contribution is 2.39. The summed E-state index contributed by atoms with van der Waals surface area (Å²) in [4.78, 5) is 9.45. The third-order valence-corrected chi connectivity index (χ3v) is 7.56. The number of rotatable bonds is 10. The van der Waals surface area contributed by atoms with Crippen LogP contribution in [0.15, 0.2) is 69.5 Å². The van der Waals surface area contributed by atoms with E-state index in [-0.39, 0.29) is 19.8 Å². The van der Waals surface area contributed by atoms with E-state index in [0.29, 0.717) is 63.3 Å². The van der Waals surface area contributed by atoms with Crippen LogP contribution in [0.2, 0.25) is 0 Å². The van der Waals surface area contributed by atoms with Gasteiger partial charge >= 0.3 is 0 Å². The minimum Gasteiger partial charge on any atom is -0.478 e. The van der Waals surface area contributed by atoms with Gasteiger partial charge in [0.15, 0.2) is 17.8 Å². The van der Waals surface area contributed by atoms with E-state index in [0.717, 1.165) is 33.4 Å². The molecule has 0 atom stereocenters. The van der Waals surface area contributed by atoms with Crippen molar-refractivity contribution in [3.05, 3.63) is 82.9 Å². The Morgan fingerprint density at radius 2 is 1.23 bits per heavy atom. The molecule has 0 aliphatic carbocycles. The first-order valence-corrected chi connectivity index (χ1v) is 14.0. The first-order chi connectivity index (χ1) is 21.4. The number of hydrogen-bond acceptors (Lipinski definition) is 10. The van der Waals surface area contributed by atoms with Gasteiger partial charge in [-0.05, 0) is 67.4 Å². The third kappa shape index (κ3) is 5.24. The minimum absolute atomic E-state index is 0.140. The number of fused-ring (bicyclic) bond motifs is 2. The zero-order chi connectivity index (χ0) is 30.8. The first kappa shape index (κ1) is 28.9. The van der Waals surface area contributed by atoms with Crippen LogP contribution in [0, 0.1) is 25.2 Å². The fraction of sp³-hybridized carbons (Fsp3) is 0.206. The van der Waals surface area contributed by atoms with Crippen molar-refractivity contribution in [3.63, 3.8) is 0 Å². The number of aliphatic hydroxyl groups is 2. The summed E-state index contributed by atoms with van der Waals surface area (Å²) < 4.78 is 23.5. The number of ether oxygens (including phenoxy) is 2. The highest BCUT2D eigenvalue weighted by Gasteiger charge is 2.20. The van der Waals surface area contributed by atoms with Gasteiger partial charge in [-0.2, -0.15) is 5.26 Å². The summed E-state index contributed by atoms with van der Waals surface area (Å²) in [5, 5.41) is 31.5. The Hall–Kier alpha value is -5.21. The van der Waals surface area contributed by atoms with E-state index in [9.17, 15) is 10.2 Å². The highest BCUT2D eigenvalue weighted by atomic mass is 16.5. The Bertz CT molecular complexity index is 2040. The molecule has 222 valence electrons. The summed E-state index contributed by atoms with van der Waals surface area (Å²) in [6.45, 7) is 3.78. The normalized spacial score (nSPS) is 11.3. The van der Waals surface area contributed by atoms with Crippen molar-refractivity contribution in [2.24, 2.45) is 0 Å². The molecule has 0 unspecified atom stereocenters. The highest BCUT2D eigenvalue weighted by molar-refractivity contribution is 5.85.